The molecule has 5 heteroatoms. The van der Waals surface area contributed by atoms with Crippen LogP contribution in [0.5, 0.6) is 0 Å². The molecular formula is C15H28N2O2S. The summed E-state index contributed by atoms with van der Waals surface area (Å²) in [6, 6.07) is 1.50. The molecule has 2 saturated carbocycles. The Morgan fingerprint density at radius 2 is 1.90 bits per heavy atom. The molecule has 0 saturated heterocycles. The van der Waals surface area contributed by atoms with E-state index in [1.165, 1.54) is 19.3 Å². The van der Waals surface area contributed by atoms with Gasteiger partial charge in [-0.2, -0.15) is 11.8 Å². The maximum Gasteiger partial charge on any atom is 0.407 e. The first kappa shape index (κ1) is 16.0. The maximum atomic E-state index is 11.7. The van der Waals surface area contributed by atoms with Crippen LogP contribution >= 0.6 is 11.8 Å². The first-order chi connectivity index (χ1) is 9.37. The molecule has 2 N–H and O–H groups in total. The minimum absolute atomic E-state index is 0.275. The number of nitrogens with one attached hydrogen (secondary N) is 2. The third-order valence-electron chi connectivity index (χ3n) is 4.06. The molecule has 0 aliphatic heterocycles. The molecule has 20 heavy (non-hydrogen) atoms. The minimum atomic E-state index is -0.416. The van der Waals surface area contributed by atoms with Gasteiger partial charge in [0.05, 0.1) is 0 Å². The number of hydrogen-bond donors (Lipinski definition) is 2. The monoisotopic (exact) mass is 300 g/mol. The zero-order valence-corrected chi connectivity index (χ0v) is 13.9. The second kappa shape index (κ2) is 6.56. The summed E-state index contributed by atoms with van der Waals surface area (Å²) in [6.45, 7) is 5.67. The van der Waals surface area contributed by atoms with Crippen LogP contribution in [0.1, 0.15) is 52.9 Å². The molecule has 1 amide bonds. The average molecular weight is 300 g/mol. The number of alkyl carbamates (subject to hydrolysis) is 1. The van der Waals surface area contributed by atoms with Crippen molar-refractivity contribution in [1.29, 1.82) is 0 Å². The molecule has 2 fully saturated rings. The maximum absolute atomic E-state index is 11.7. The molecule has 116 valence electrons. The molecule has 2 aliphatic carbocycles. The molecule has 2 atom stereocenters. The first-order valence-electron chi connectivity index (χ1n) is 7.66. The fourth-order valence-electron chi connectivity index (χ4n) is 3.05. The van der Waals surface area contributed by atoms with Crippen molar-refractivity contribution < 1.29 is 9.53 Å². The van der Waals surface area contributed by atoms with E-state index in [-0.39, 0.29) is 12.1 Å². The quantitative estimate of drug-likeness (QED) is 0.838. The summed E-state index contributed by atoms with van der Waals surface area (Å²) in [5, 5.41) is 7.47. The van der Waals surface area contributed by atoms with Crippen LogP contribution in [0.2, 0.25) is 0 Å². The summed E-state index contributed by atoms with van der Waals surface area (Å²) in [7, 11) is 0. The van der Waals surface area contributed by atoms with Crippen LogP contribution in [0, 0.1) is 0 Å². The highest BCUT2D eigenvalue weighted by atomic mass is 32.2. The lowest BCUT2D eigenvalue weighted by atomic mass is 9.86. The van der Waals surface area contributed by atoms with Gasteiger partial charge in [0.2, 0.25) is 0 Å². The molecule has 2 rings (SSSR count). The smallest absolute Gasteiger partial charge is 0.407 e. The van der Waals surface area contributed by atoms with Crippen LogP contribution < -0.4 is 10.6 Å². The Bertz CT molecular complexity index is 337. The molecule has 4 nitrogen and oxygen atoms in total. The van der Waals surface area contributed by atoms with E-state index in [1.807, 2.05) is 32.5 Å². The average Bonchev–Trinajstić information content (AvgIpc) is 2.70. The van der Waals surface area contributed by atoms with Crippen molar-refractivity contribution in [2.45, 2.75) is 81.9 Å². The van der Waals surface area contributed by atoms with Gasteiger partial charge in [-0.3, -0.25) is 0 Å². The summed E-state index contributed by atoms with van der Waals surface area (Å²) in [6.07, 6.45) is 7.95. The summed E-state index contributed by atoms with van der Waals surface area (Å²) in [5.74, 6) is 0. The normalized spacial score (nSPS) is 33.6. The van der Waals surface area contributed by atoms with Gasteiger partial charge in [0.1, 0.15) is 5.60 Å². The van der Waals surface area contributed by atoms with Crippen molar-refractivity contribution >= 4 is 17.9 Å². The fraction of sp³-hybridized carbons (Fsp3) is 0.933. The zero-order chi connectivity index (χ0) is 14.8. The topological polar surface area (TPSA) is 50.4 Å². The predicted octanol–water partition coefficient (Wildman–Crippen LogP) is 2.92. The second-order valence-corrected chi connectivity index (χ2v) is 8.07. The van der Waals surface area contributed by atoms with E-state index >= 15 is 0 Å². The number of carbonyl (C=O) groups is 1. The third-order valence-corrected chi connectivity index (χ3v) is 5.23. The highest BCUT2D eigenvalue weighted by Gasteiger charge is 2.35. The third kappa shape index (κ3) is 4.55. The molecule has 0 aromatic carbocycles. The predicted molar refractivity (Wildman–Crippen MR) is 84.3 cm³/mol. The van der Waals surface area contributed by atoms with Crippen molar-refractivity contribution in [3.8, 4) is 0 Å². The second-order valence-electron chi connectivity index (χ2n) is 6.99. The van der Waals surface area contributed by atoms with E-state index in [2.05, 4.69) is 16.9 Å². The van der Waals surface area contributed by atoms with Crippen LogP contribution in [-0.4, -0.2) is 41.3 Å². The summed E-state index contributed by atoms with van der Waals surface area (Å²) in [4.78, 5) is 11.7. The number of thioether (sulfide) groups is 1. The Hall–Kier alpha value is -0.420. The van der Waals surface area contributed by atoms with Crippen molar-refractivity contribution in [1.82, 2.24) is 10.6 Å². The largest absolute Gasteiger partial charge is 0.444 e. The SMILES string of the molecule is CSC1CCCC1NC1CC(NC(=O)OC(C)(C)C)C1. The van der Waals surface area contributed by atoms with Crippen molar-refractivity contribution in [2.24, 2.45) is 0 Å². The van der Waals surface area contributed by atoms with Crippen molar-refractivity contribution in [3.05, 3.63) is 0 Å². The van der Waals surface area contributed by atoms with Crippen LogP contribution in [0.15, 0.2) is 0 Å². The van der Waals surface area contributed by atoms with Gasteiger partial charge in [0, 0.05) is 23.4 Å². The van der Waals surface area contributed by atoms with E-state index in [1.54, 1.807) is 0 Å². The van der Waals surface area contributed by atoms with Crippen LogP contribution in [0.3, 0.4) is 0 Å². The number of ether oxygens (including phenoxy) is 1. The van der Waals surface area contributed by atoms with Crippen LogP contribution in [0.25, 0.3) is 0 Å². The Morgan fingerprint density at radius 1 is 1.20 bits per heavy atom. The van der Waals surface area contributed by atoms with Gasteiger partial charge >= 0.3 is 6.09 Å². The molecule has 0 heterocycles. The van der Waals surface area contributed by atoms with Crippen LogP contribution in [0.4, 0.5) is 4.79 Å². The van der Waals surface area contributed by atoms with Gasteiger partial charge in [-0.25, -0.2) is 4.79 Å². The molecule has 2 aliphatic rings. The number of hydrogen-bond acceptors (Lipinski definition) is 4. The van der Waals surface area contributed by atoms with Gasteiger partial charge in [-0.15, -0.1) is 0 Å². The lowest BCUT2D eigenvalue weighted by Crippen LogP contribution is -2.56. The molecule has 0 spiro atoms. The van der Waals surface area contributed by atoms with E-state index in [0.29, 0.717) is 12.1 Å². The van der Waals surface area contributed by atoms with E-state index in [4.69, 9.17) is 4.74 Å². The minimum Gasteiger partial charge on any atom is -0.444 e. The van der Waals surface area contributed by atoms with Gasteiger partial charge in [0.25, 0.3) is 0 Å². The summed E-state index contributed by atoms with van der Waals surface area (Å²) in [5.41, 5.74) is -0.416. The van der Waals surface area contributed by atoms with Crippen molar-refractivity contribution in [3.63, 3.8) is 0 Å². The Morgan fingerprint density at radius 3 is 2.50 bits per heavy atom. The highest BCUT2D eigenvalue weighted by Crippen LogP contribution is 2.31. The molecular weight excluding hydrogens is 272 g/mol. The Kier molecular flexibility index (Phi) is 5.24. The first-order valence-corrected chi connectivity index (χ1v) is 8.94. The van der Waals surface area contributed by atoms with Gasteiger partial charge in [-0.05, 0) is 52.7 Å². The Balaban J connectivity index is 1.64. The molecule has 0 aromatic rings. The molecule has 0 bridgehead atoms. The van der Waals surface area contributed by atoms with E-state index in [9.17, 15) is 4.79 Å². The number of rotatable bonds is 4. The standard InChI is InChI=1S/C15H28N2O2S/c1-15(2,3)19-14(18)17-11-8-10(9-11)16-12-6-5-7-13(12)20-4/h10-13,16H,5-9H2,1-4H3,(H,17,18). The molecule has 0 radical (unpaired) electrons. The Labute approximate surface area is 126 Å². The van der Waals surface area contributed by atoms with Gasteiger partial charge in [0.15, 0.2) is 0 Å². The van der Waals surface area contributed by atoms with Crippen molar-refractivity contribution in [2.75, 3.05) is 6.26 Å². The summed E-state index contributed by atoms with van der Waals surface area (Å²) >= 11 is 1.98. The zero-order valence-electron chi connectivity index (χ0n) is 13.1. The molecule has 0 aromatic heterocycles. The van der Waals surface area contributed by atoms with Gasteiger partial charge in [-0.1, -0.05) is 6.42 Å². The van der Waals surface area contributed by atoms with E-state index < -0.39 is 5.60 Å². The van der Waals surface area contributed by atoms with Gasteiger partial charge < -0.3 is 15.4 Å². The van der Waals surface area contributed by atoms with Crippen LogP contribution in [-0.2, 0) is 4.74 Å². The number of amides is 1. The lowest BCUT2D eigenvalue weighted by Gasteiger charge is -2.39. The highest BCUT2D eigenvalue weighted by molar-refractivity contribution is 7.99. The fourth-order valence-corrected chi connectivity index (χ4v) is 3.99. The lowest BCUT2D eigenvalue weighted by molar-refractivity contribution is 0.0463. The molecule has 2 unspecified atom stereocenters. The summed E-state index contributed by atoms with van der Waals surface area (Å²) < 4.78 is 5.27. The van der Waals surface area contributed by atoms with E-state index in [0.717, 1.165) is 18.1 Å². The number of carbonyl (C=O) groups excluding carboxylic acids is 1.